The van der Waals surface area contributed by atoms with Crippen molar-refractivity contribution in [2.75, 3.05) is 19.6 Å². The van der Waals surface area contributed by atoms with Crippen molar-refractivity contribution in [2.45, 2.75) is 77.8 Å². The molecule has 0 radical (unpaired) electrons. The van der Waals surface area contributed by atoms with Gasteiger partial charge in [-0.1, -0.05) is 74.0 Å². The van der Waals surface area contributed by atoms with E-state index in [-0.39, 0.29) is 30.6 Å². The Morgan fingerprint density at radius 3 is 2.34 bits per heavy atom. The molecular formula is C36H44N2O6. The van der Waals surface area contributed by atoms with Gasteiger partial charge in [-0.2, -0.15) is 0 Å². The smallest absolute Gasteiger partial charge is 0.303 e. The molecule has 2 fully saturated rings. The molecule has 44 heavy (non-hydrogen) atoms. The van der Waals surface area contributed by atoms with E-state index >= 15 is 0 Å². The van der Waals surface area contributed by atoms with E-state index in [0.29, 0.717) is 6.54 Å². The number of aliphatic hydroxyl groups is 1. The predicted octanol–water partition coefficient (Wildman–Crippen LogP) is 5.69. The van der Waals surface area contributed by atoms with E-state index in [0.717, 1.165) is 53.0 Å². The summed E-state index contributed by atoms with van der Waals surface area (Å²) in [7, 11) is 0. The van der Waals surface area contributed by atoms with Crippen molar-refractivity contribution in [3.8, 4) is 11.1 Å². The number of amides is 1. The van der Waals surface area contributed by atoms with Gasteiger partial charge < -0.3 is 29.5 Å². The molecule has 2 aliphatic heterocycles. The Kier molecular flexibility index (Phi) is 10.8. The molecule has 0 unspecified atom stereocenters. The lowest BCUT2D eigenvalue weighted by Gasteiger charge is -2.43. The minimum Gasteiger partial charge on any atom is -0.453 e. The SMILES string of the molecule is CC(=O)O[C@@H](C)C(=O)NCc1cccc(-c2cccc([C@H]3O[C@@H](CN4CCCCC4)[C@@H](C)[C@@H](c4ccc(CO)cc4)O3)c2)c1. The van der Waals surface area contributed by atoms with Crippen LogP contribution in [0.1, 0.15) is 74.7 Å². The highest BCUT2D eigenvalue weighted by atomic mass is 16.7. The molecule has 8 nitrogen and oxygen atoms in total. The standard InChI is InChI=1S/C36H44N2O6/c1-24-33(22-38-17-5-4-6-18-38)43-36(44-34(24)29-15-13-27(23-39)14-16-29)32-12-8-11-31(20-32)30-10-7-9-28(19-30)21-37-35(41)25(2)42-26(3)40/h7-16,19-20,24-25,33-34,36,39H,4-6,17-18,21-23H2,1-3H3,(H,37,41)/t24-,25+,33+,34+,36+/m1/s1. The molecule has 8 heteroatoms. The van der Waals surface area contributed by atoms with Crippen LogP contribution in [0.2, 0.25) is 0 Å². The van der Waals surface area contributed by atoms with Crippen LogP contribution in [0.5, 0.6) is 0 Å². The molecule has 0 aromatic heterocycles. The van der Waals surface area contributed by atoms with Crippen LogP contribution in [0, 0.1) is 5.92 Å². The van der Waals surface area contributed by atoms with Crippen LogP contribution in [0.25, 0.3) is 11.1 Å². The molecule has 3 aromatic rings. The number of aliphatic hydroxyl groups excluding tert-OH is 1. The molecule has 234 valence electrons. The number of hydrogen-bond donors (Lipinski definition) is 2. The number of esters is 1. The molecule has 0 spiro atoms. The molecule has 0 bridgehead atoms. The van der Waals surface area contributed by atoms with E-state index in [2.05, 4.69) is 47.5 Å². The van der Waals surface area contributed by atoms with E-state index < -0.39 is 18.4 Å². The molecule has 2 N–H and O–H groups in total. The van der Waals surface area contributed by atoms with Crippen molar-refractivity contribution in [3.05, 3.63) is 95.1 Å². The molecule has 1 amide bonds. The predicted molar refractivity (Wildman–Crippen MR) is 168 cm³/mol. The first-order valence-corrected chi connectivity index (χ1v) is 15.7. The number of benzene rings is 3. The van der Waals surface area contributed by atoms with Gasteiger partial charge in [0.2, 0.25) is 0 Å². The van der Waals surface area contributed by atoms with E-state index in [1.165, 1.54) is 26.2 Å². The van der Waals surface area contributed by atoms with Gasteiger partial charge in [-0.05, 0) is 72.8 Å². The number of likely N-dealkylation sites (tertiary alicyclic amines) is 1. The van der Waals surface area contributed by atoms with Gasteiger partial charge in [-0.15, -0.1) is 0 Å². The van der Waals surface area contributed by atoms with Crippen molar-refractivity contribution >= 4 is 11.9 Å². The fourth-order valence-corrected chi connectivity index (χ4v) is 6.09. The van der Waals surface area contributed by atoms with Crippen LogP contribution < -0.4 is 5.32 Å². The molecule has 5 rings (SSSR count). The lowest BCUT2D eigenvalue weighted by molar-refractivity contribution is -0.276. The number of hydrogen-bond acceptors (Lipinski definition) is 7. The molecule has 2 saturated heterocycles. The highest BCUT2D eigenvalue weighted by Gasteiger charge is 2.39. The highest BCUT2D eigenvalue weighted by Crippen LogP contribution is 2.42. The summed E-state index contributed by atoms with van der Waals surface area (Å²) in [5.74, 6) is -0.682. The summed E-state index contributed by atoms with van der Waals surface area (Å²) in [6.07, 6.45) is 2.21. The maximum atomic E-state index is 12.3. The quantitative estimate of drug-likeness (QED) is 0.289. The average Bonchev–Trinajstić information content (AvgIpc) is 3.05. The van der Waals surface area contributed by atoms with E-state index in [4.69, 9.17) is 14.2 Å². The first kappa shape index (κ1) is 31.9. The van der Waals surface area contributed by atoms with Crippen molar-refractivity contribution in [3.63, 3.8) is 0 Å². The van der Waals surface area contributed by atoms with Gasteiger partial charge in [0.15, 0.2) is 12.4 Å². The minimum atomic E-state index is -0.847. The molecule has 0 saturated carbocycles. The summed E-state index contributed by atoms with van der Waals surface area (Å²) in [4.78, 5) is 26.0. The molecule has 2 aliphatic rings. The summed E-state index contributed by atoms with van der Waals surface area (Å²) < 4.78 is 18.4. The second-order valence-corrected chi connectivity index (χ2v) is 12.0. The van der Waals surface area contributed by atoms with E-state index in [9.17, 15) is 14.7 Å². The Labute approximate surface area is 260 Å². The Morgan fingerprint density at radius 1 is 0.932 bits per heavy atom. The van der Waals surface area contributed by atoms with Gasteiger partial charge >= 0.3 is 5.97 Å². The number of nitrogens with one attached hydrogen (secondary N) is 1. The average molecular weight is 601 g/mol. The summed E-state index contributed by atoms with van der Waals surface area (Å²) >= 11 is 0. The Balaban J connectivity index is 1.35. The highest BCUT2D eigenvalue weighted by molar-refractivity contribution is 5.82. The monoisotopic (exact) mass is 600 g/mol. The summed E-state index contributed by atoms with van der Waals surface area (Å²) in [6, 6.07) is 24.3. The zero-order valence-electron chi connectivity index (χ0n) is 25.9. The zero-order chi connectivity index (χ0) is 31.1. The molecule has 3 aromatic carbocycles. The molecular weight excluding hydrogens is 556 g/mol. The fourth-order valence-electron chi connectivity index (χ4n) is 6.09. The van der Waals surface area contributed by atoms with Gasteiger partial charge in [0, 0.05) is 31.5 Å². The van der Waals surface area contributed by atoms with Gasteiger partial charge in [0.25, 0.3) is 5.91 Å². The number of rotatable bonds is 10. The van der Waals surface area contributed by atoms with Crippen LogP contribution in [-0.2, 0) is 37.0 Å². The molecule has 0 aliphatic carbocycles. The maximum absolute atomic E-state index is 12.3. The van der Waals surface area contributed by atoms with Crippen LogP contribution in [0.4, 0.5) is 0 Å². The van der Waals surface area contributed by atoms with Crippen molar-refractivity contribution in [1.82, 2.24) is 10.2 Å². The number of carbonyl (C=O) groups excluding carboxylic acids is 2. The lowest BCUT2D eigenvalue weighted by atomic mass is 9.89. The first-order valence-electron chi connectivity index (χ1n) is 15.7. The summed E-state index contributed by atoms with van der Waals surface area (Å²) in [5.41, 5.74) is 5.87. The Morgan fingerprint density at radius 2 is 1.64 bits per heavy atom. The van der Waals surface area contributed by atoms with E-state index in [1.807, 2.05) is 42.5 Å². The molecule has 2 heterocycles. The van der Waals surface area contributed by atoms with Crippen LogP contribution >= 0.6 is 0 Å². The molecule has 5 atom stereocenters. The maximum Gasteiger partial charge on any atom is 0.303 e. The van der Waals surface area contributed by atoms with Crippen LogP contribution in [-0.4, -0.2) is 53.7 Å². The second-order valence-electron chi connectivity index (χ2n) is 12.0. The zero-order valence-corrected chi connectivity index (χ0v) is 25.9. The third-order valence-electron chi connectivity index (χ3n) is 8.61. The third kappa shape index (κ3) is 8.12. The van der Waals surface area contributed by atoms with Gasteiger partial charge in [0.1, 0.15) is 0 Å². The summed E-state index contributed by atoms with van der Waals surface area (Å²) in [5, 5.41) is 12.4. The number of piperidine rings is 1. The number of nitrogens with zero attached hydrogens (tertiary/aromatic N) is 1. The van der Waals surface area contributed by atoms with Crippen LogP contribution in [0.3, 0.4) is 0 Å². The third-order valence-corrected chi connectivity index (χ3v) is 8.61. The summed E-state index contributed by atoms with van der Waals surface area (Å²) in [6.45, 7) is 8.46. The van der Waals surface area contributed by atoms with Crippen molar-refractivity contribution < 1.29 is 28.9 Å². The van der Waals surface area contributed by atoms with Crippen molar-refractivity contribution in [2.24, 2.45) is 5.92 Å². The van der Waals surface area contributed by atoms with Crippen molar-refractivity contribution in [1.29, 1.82) is 0 Å². The van der Waals surface area contributed by atoms with E-state index in [1.54, 1.807) is 6.92 Å². The second kappa shape index (κ2) is 14.9. The van der Waals surface area contributed by atoms with Gasteiger partial charge in [-0.25, -0.2) is 0 Å². The first-order chi connectivity index (χ1) is 21.3. The fraction of sp³-hybridized carbons (Fsp3) is 0.444. The number of ether oxygens (including phenoxy) is 3. The normalized spacial score (nSPS) is 23.1. The van der Waals surface area contributed by atoms with Crippen LogP contribution in [0.15, 0.2) is 72.8 Å². The topological polar surface area (TPSA) is 97.3 Å². The largest absolute Gasteiger partial charge is 0.453 e. The lowest BCUT2D eigenvalue weighted by Crippen LogP contribution is -2.45. The Bertz CT molecular complexity index is 1400. The minimum absolute atomic E-state index is 0.000614. The van der Waals surface area contributed by atoms with Gasteiger partial charge in [-0.3, -0.25) is 9.59 Å². The van der Waals surface area contributed by atoms with Gasteiger partial charge in [0.05, 0.1) is 18.8 Å². The number of carbonyl (C=O) groups is 2. The Hall–Kier alpha value is -3.56.